The molecule has 0 saturated heterocycles. The quantitative estimate of drug-likeness (QED) is 0.730. The predicted octanol–water partition coefficient (Wildman–Crippen LogP) is 2.68. The fourth-order valence-electron chi connectivity index (χ4n) is 2.65. The summed E-state index contributed by atoms with van der Waals surface area (Å²) in [5.41, 5.74) is 2.83. The van der Waals surface area contributed by atoms with E-state index in [0.29, 0.717) is 11.3 Å². The SMILES string of the molecule is O=C(Nc1cnccc1-c1cccnc1)c1ccnc(C(=O)NC2CC2)c1. The van der Waals surface area contributed by atoms with E-state index >= 15 is 0 Å². The van der Waals surface area contributed by atoms with Crippen molar-refractivity contribution in [1.29, 1.82) is 0 Å². The molecule has 0 aromatic carbocycles. The smallest absolute Gasteiger partial charge is 0.270 e. The van der Waals surface area contributed by atoms with Crippen molar-refractivity contribution in [3.63, 3.8) is 0 Å². The Morgan fingerprint density at radius 1 is 0.963 bits per heavy atom. The molecule has 3 heterocycles. The molecule has 4 rings (SSSR count). The summed E-state index contributed by atoms with van der Waals surface area (Å²) < 4.78 is 0. The Balaban J connectivity index is 1.56. The molecule has 0 unspecified atom stereocenters. The van der Waals surface area contributed by atoms with Gasteiger partial charge < -0.3 is 10.6 Å². The van der Waals surface area contributed by atoms with Crippen LogP contribution >= 0.6 is 0 Å². The number of rotatable bonds is 5. The van der Waals surface area contributed by atoms with E-state index in [1.807, 2.05) is 18.2 Å². The number of hydrogen-bond acceptors (Lipinski definition) is 5. The Hall–Kier alpha value is -3.61. The summed E-state index contributed by atoms with van der Waals surface area (Å²) in [6.45, 7) is 0. The number of hydrogen-bond donors (Lipinski definition) is 2. The van der Waals surface area contributed by atoms with E-state index in [2.05, 4.69) is 25.6 Å². The summed E-state index contributed by atoms with van der Waals surface area (Å²) in [5.74, 6) is -0.597. The van der Waals surface area contributed by atoms with Gasteiger partial charge in [0.2, 0.25) is 0 Å². The van der Waals surface area contributed by atoms with Crippen molar-refractivity contribution in [3.8, 4) is 11.1 Å². The van der Waals surface area contributed by atoms with Gasteiger partial charge in [-0.25, -0.2) is 0 Å². The van der Waals surface area contributed by atoms with Gasteiger partial charge in [0.1, 0.15) is 5.69 Å². The van der Waals surface area contributed by atoms with Crippen molar-refractivity contribution in [2.24, 2.45) is 0 Å². The largest absolute Gasteiger partial charge is 0.348 e. The minimum Gasteiger partial charge on any atom is -0.348 e. The second-order valence-corrected chi connectivity index (χ2v) is 6.29. The highest BCUT2D eigenvalue weighted by atomic mass is 16.2. The Bertz CT molecular complexity index is 986. The lowest BCUT2D eigenvalue weighted by molar-refractivity contribution is 0.0946. The highest BCUT2D eigenvalue weighted by molar-refractivity contribution is 6.07. The molecule has 2 N–H and O–H groups in total. The molecule has 27 heavy (non-hydrogen) atoms. The maximum atomic E-state index is 12.7. The van der Waals surface area contributed by atoms with Crippen molar-refractivity contribution in [2.45, 2.75) is 18.9 Å². The van der Waals surface area contributed by atoms with Gasteiger partial charge in [0.25, 0.3) is 11.8 Å². The Morgan fingerprint density at radius 3 is 2.59 bits per heavy atom. The number of carbonyl (C=O) groups is 2. The maximum absolute atomic E-state index is 12.7. The summed E-state index contributed by atoms with van der Waals surface area (Å²) in [5, 5.41) is 5.72. The van der Waals surface area contributed by atoms with Crippen molar-refractivity contribution in [2.75, 3.05) is 5.32 Å². The zero-order chi connectivity index (χ0) is 18.6. The van der Waals surface area contributed by atoms with Gasteiger partial charge >= 0.3 is 0 Å². The summed E-state index contributed by atoms with van der Waals surface area (Å²) in [6, 6.07) is 8.85. The molecule has 0 radical (unpaired) electrons. The van der Waals surface area contributed by atoms with Crippen LogP contribution in [0.1, 0.15) is 33.7 Å². The average Bonchev–Trinajstić information content (AvgIpc) is 3.53. The van der Waals surface area contributed by atoms with Crippen LogP contribution in [-0.2, 0) is 0 Å². The molecular formula is C20H17N5O2. The number of pyridine rings is 3. The zero-order valence-corrected chi connectivity index (χ0v) is 14.4. The minimum absolute atomic E-state index is 0.230. The number of aromatic nitrogens is 3. The lowest BCUT2D eigenvalue weighted by Crippen LogP contribution is -2.26. The summed E-state index contributed by atoms with van der Waals surface area (Å²) in [4.78, 5) is 37.1. The minimum atomic E-state index is -0.337. The third-order valence-corrected chi connectivity index (χ3v) is 4.21. The zero-order valence-electron chi connectivity index (χ0n) is 14.4. The van der Waals surface area contributed by atoms with Crippen molar-refractivity contribution < 1.29 is 9.59 Å². The second kappa shape index (κ2) is 7.33. The number of carbonyl (C=O) groups excluding carboxylic acids is 2. The first-order valence-electron chi connectivity index (χ1n) is 8.63. The van der Waals surface area contributed by atoms with E-state index in [-0.39, 0.29) is 23.6 Å². The summed E-state index contributed by atoms with van der Waals surface area (Å²) in [7, 11) is 0. The second-order valence-electron chi connectivity index (χ2n) is 6.29. The van der Waals surface area contributed by atoms with Crippen molar-refractivity contribution in [3.05, 3.63) is 72.6 Å². The molecule has 0 bridgehead atoms. The third kappa shape index (κ3) is 3.98. The fourth-order valence-corrected chi connectivity index (χ4v) is 2.65. The van der Waals surface area contributed by atoms with Crippen LogP contribution in [0.25, 0.3) is 11.1 Å². The van der Waals surface area contributed by atoms with E-state index in [1.54, 1.807) is 30.9 Å². The molecule has 1 aliphatic carbocycles. The normalized spacial score (nSPS) is 13.0. The van der Waals surface area contributed by atoms with E-state index in [0.717, 1.165) is 24.0 Å². The highest BCUT2D eigenvalue weighted by Crippen LogP contribution is 2.26. The van der Waals surface area contributed by atoms with Gasteiger partial charge in [-0.3, -0.25) is 24.5 Å². The molecule has 3 aromatic rings. The Labute approximate surface area is 155 Å². The van der Waals surface area contributed by atoms with Crippen LogP contribution in [0, 0.1) is 0 Å². The van der Waals surface area contributed by atoms with E-state index in [4.69, 9.17) is 0 Å². The van der Waals surface area contributed by atoms with Crippen LogP contribution in [0.4, 0.5) is 5.69 Å². The van der Waals surface area contributed by atoms with Gasteiger partial charge in [0, 0.05) is 47.5 Å². The predicted molar refractivity (Wildman–Crippen MR) is 100 cm³/mol. The maximum Gasteiger partial charge on any atom is 0.270 e. The molecule has 1 saturated carbocycles. The monoisotopic (exact) mass is 359 g/mol. The van der Waals surface area contributed by atoms with E-state index < -0.39 is 0 Å². The number of amides is 2. The van der Waals surface area contributed by atoms with Crippen LogP contribution in [0.15, 0.2) is 61.3 Å². The van der Waals surface area contributed by atoms with Crippen LogP contribution in [0.3, 0.4) is 0 Å². The lowest BCUT2D eigenvalue weighted by atomic mass is 10.1. The number of nitrogens with zero attached hydrogens (tertiary/aromatic N) is 3. The number of anilines is 1. The first-order chi connectivity index (χ1) is 13.2. The average molecular weight is 359 g/mol. The Morgan fingerprint density at radius 2 is 1.81 bits per heavy atom. The molecule has 134 valence electrons. The molecule has 0 spiro atoms. The van der Waals surface area contributed by atoms with Gasteiger partial charge in [-0.2, -0.15) is 0 Å². The first kappa shape index (κ1) is 16.8. The van der Waals surface area contributed by atoms with Gasteiger partial charge in [-0.1, -0.05) is 6.07 Å². The summed E-state index contributed by atoms with van der Waals surface area (Å²) >= 11 is 0. The summed E-state index contributed by atoms with van der Waals surface area (Å²) in [6.07, 6.45) is 10.1. The Kier molecular flexibility index (Phi) is 4.57. The first-order valence-corrected chi connectivity index (χ1v) is 8.63. The molecule has 0 atom stereocenters. The van der Waals surface area contributed by atoms with Crippen LogP contribution in [0.2, 0.25) is 0 Å². The third-order valence-electron chi connectivity index (χ3n) is 4.21. The topological polar surface area (TPSA) is 96.9 Å². The van der Waals surface area contributed by atoms with Gasteiger partial charge in [0.15, 0.2) is 0 Å². The van der Waals surface area contributed by atoms with Crippen molar-refractivity contribution >= 4 is 17.5 Å². The highest BCUT2D eigenvalue weighted by Gasteiger charge is 2.24. The molecule has 1 aliphatic rings. The van der Waals surface area contributed by atoms with Gasteiger partial charge in [-0.05, 0) is 37.1 Å². The standard InChI is InChI=1S/C20H17N5O2/c26-19(13-5-9-23-17(10-13)20(27)24-15-3-4-15)25-18-12-22-8-6-16(18)14-2-1-7-21-11-14/h1-2,5-12,15H,3-4H2,(H,24,27)(H,25,26). The lowest BCUT2D eigenvalue weighted by Gasteiger charge is -2.11. The fraction of sp³-hybridized carbons (Fsp3) is 0.150. The van der Waals surface area contributed by atoms with Gasteiger partial charge in [-0.15, -0.1) is 0 Å². The van der Waals surface area contributed by atoms with E-state index in [9.17, 15) is 9.59 Å². The van der Waals surface area contributed by atoms with Crippen molar-refractivity contribution in [1.82, 2.24) is 20.3 Å². The molecule has 1 fully saturated rings. The van der Waals surface area contributed by atoms with Crippen LogP contribution in [0.5, 0.6) is 0 Å². The molecule has 0 aliphatic heterocycles. The van der Waals surface area contributed by atoms with Gasteiger partial charge in [0.05, 0.1) is 11.9 Å². The molecule has 2 amide bonds. The molecule has 7 heteroatoms. The molecule has 7 nitrogen and oxygen atoms in total. The van der Waals surface area contributed by atoms with Crippen LogP contribution < -0.4 is 10.6 Å². The van der Waals surface area contributed by atoms with Crippen LogP contribution in [-0.4, -0.2) is 32.8 Å². The van der Waals surface area contributed by atoms with E-state index in [1.165, 1.54) is 12.3 Å². The molecule has 3 aromatic heterocycles. The molecular weight excluding hydrogens is 342 g/mol. The number of nitrogens with one attached hydrogen (secondary N) is 2.